The molecule has 1 aromatic rings. The number of carbonyl (C=O) groups excluding carboxylic acids is 2. The van der Waals surface area contributed by atoms with Gasteiger partial charge in [0, 0.05) is 19.0 Å². The SMILES string of the molecule is CS(=O)(=O)CC[CH]CNC(=O)C(=O)Nc1ccc(Cl)cn1. The molecule has 0 fully saturated rings. The van der Waals surface area contributed by atoms with Crippen molar-refractivity contribution in [1.82, 2.24) is 10.3 Å². The van der Waals surface area contributed by atoms with E-state index in [1.807, 2.05) is 0 Å². The molecule has 1 rings (SSSR count). The van der Waals surface area contributed by atoms with Gasteiger partial charge in [0.05, 0.1) is 10.8 Å². The Labute approximate surface area is 128 Å². The maximum Gasteiger partial charge on any atom is 0.314 e. The van der Waals surface area contributed by atoms with Crippen molar-refractivity contribution in [3.8, 4) is 0 Å². The highest BCUT2D eigenvalue weighted by molar-refractivity contribution is 7.90. The molecule has 9 heteroatoms. The Hall–Kier alpha value is -1.67. The average molecular weight is 333 g/mol. The van der Waals surface area contributed by atoms with Crippen molar-refractivity contribution in [1.29, 1.82) is 0 Å². The summed E-state index contributed by atoms with van der Waals surface area (Å²) in [5.74, 6) is -1.48. The number of halogens is 1. The summed E-state index contributed by atoms with van der Waals surface area (Å²) in [5, 5.41) is 5.06. The molecule has 2 N–H and O–H groups in total. The number of anilines is 1. The number of aromatic nitrogens is 1. The van der Waals surface area contributed by atoms with Crippen molar-refractivity contribution in [2.24, 2.45) is 0 Å². The van der Waals surface area contributed by atoms with Gasteiger partial charge in [-0.25, -0.2) is 13.4 Å². The Balaban J connectivity index is 2.28. The van der Waals surface area contributed by atoms with Gasteiger partial charge in [0.15, 0.2) is 0 Å². The molecule has 0 atom stereocenters. The van der Waals surface area contributed by atoms with E-state index in [0.29, 0.717) is 11.4 Å². The average Bonchev–Trinajstić information content (AvgIpc) is 2.39. The number of nitrogens with zero attached hydrogens (tertiary/aromatic N) is 1. The van der Waals surface area contributed by atoms with Crippen LogP contribution in [-0.2, 0) is 19.4 Å². The maximum absolute atomic E-state index is 11.5. The fourth-order valence-corrected chi connectivity index (χ4v) is 1.97. The number of pyridine rings is 1. The van der Waals surface area contributed by atoms with E-state index in [4.69, 9.17) is 11.6 Å². The summed E-state index contributed by atoms with van der Waals surface area (Å²) in [6, 6.07) is 2.99. The minimum Gasteiger partial charge on any atom is -0.348 e. The molecule has 0 saturated carbocycles. The van der Waals surface area contributed by atoms with Crippen LogP contribution in [0.1, 0.15) is 6.42 Å². The highest BCUT2D eigenvalue weighted by atomic mass is 35.5. The first-order valence-electron chi connectivity index (χ1n) is 5.98. The summed E-state index contributed by atoms with van der Waals surface area (Å²) in [6.07, 6.45) is 4.35. The van der Waals surface area contributed by atoms with Crippen LogP contribution >= 0.6 is 11.6 Å². The highest BCUT2D eigenvalue weighted by Crippen LogP contribution is 2.09. The lowest BCUT2D eigenvalue weighted by Gasteiger charge is -2.05. The third-order valence-electron chi connectivity index (χ3n) is 2.27. The van der Waals surface area contributed by atoms with E-state index in [2.05, 4.69) is 15.6 Å². The zero-order valence-corrected chi connectivity index (χ0v) is 12.9. The minimum absolute atomic E-state index is 0.00373. The summed E-state index contributed by atoms with van der Waals surface area (Å²) < 4.78 is 21.8. The van der Waals surface area contributed by atoms with Gasteiger partial charge in [-0.1, -0.05) is 11.6 Å². The maximum atomic E-state index is 11.5. The summed E-state index contributed by atoms with van der Waals surface area (Å²) in [4.78, 5) is 26.8. The third-order valence-corrected chi connectivity index (χ3v) is 3.48. The molecule has 0 unspecified atom stereocenters. The number of unbranched alkanes of at least 4 members (excludes halogenated alkanes) is 1. The second-order valence-corrected chi connectivity index (χ2v) is 6.93. The number of carbonyl (C=O) groups is 2. The topological polar surface area (TPSA) is 105 Å². The molecular weight excluding hydrogens is 318 g/mol. The molecule has 0 aliphatic rings. The molecule has 0 aromatic carbocycles. The quantitative estimate of drug-likeness (QED) is 0.580. The second-order valence-electron chi connectivity index (χ2n) is 4.23. The van der Waals surface area contributed by atoms with Gasteiger partial charge in [0.2, 0.25) is 0 Å². The van der Waals surface area contributed by atoms with Gasteiger partial charge in [0.1, 0.15) is 15.7 Å². The van der Waals surface area contributed by atoms with Crippen LogP contribution in [0, 0.1) is 6.42 Å². The number of rotatable bonds is 6. The molecule has 7 nitrogen and oxygen atoms in total. The van der Waals surface area contributed by atoms with Crippen LogP contribution in [0.4, 0.5) is 5.82 Å². The molecule has 0 aliphatic heterocycles. The first kappa shape index (κ1) is 17.4. The van der Waals surface area contributed by atoms with Crippen LogP contribution in [-0.4, -0.2) is 43.8 Å². The largest absolute Gasteiger partial charge is 0.348 e. The highest BCUT2D eigenvalue weighted by Gasteiger charge is 2.13. The molecule has 0 saturated heterocycles. The van der Waals surface area contributed by atoms with Crippen LogP contribution in [0.5, 0.6) is 0 Å². The molecule has 0 bridgehead atoms. The lowest BCUT2D eigenvalue weighted by Crippen LogP contribution is -2.36. The van der Waals surface area contributed by atoms with Gasteiger partial charge >= 0.3 is 11.8 Å². The summed E-state index contributed by atoms with van der Waals surface area (Å²) in [7, 11) is -3.03. The number of hydrogen-bond donors (Lipinski definition) is 2. The monoisotopic (exact) mass is 332 g/mol. The molecule has 115 valence electrons. The first-order chi connectivity index (χ1) is 9.78. The fraction of sp³-hybridized carbons (Fsp3) is 0.333. The first-order valence-corrected chi connectivity index (χ1v) is 8.42. The van der Waals surface area contributed by atoms with E-state index in [1.54, 1.807) is 6.42 Å². The molecule has 2 amide bonds. The van der Waals surface area contributed by atoms with Crippen molar-refractivity contribution in [2.75, 3.05) is 23.9 Å². The van der Waals surface area contributed by atoms with Crippen LogP contribution < -0.4 is 10.6 Å². The summed E-state index contributed by atoms with van der Waals surface area (Å²) >= 11 is 5.64. The van der Waals surface area contributed by atoms with Crippen molar-refractivity contribution in [3.05, 3.63) is 29.8 Å². The number of nitrogens with one attached hydrogen (secondary N) is 2. The van der Waals surface area contributed by atoms with E-state index in [0.717, 1.165) is 6.26 Å². The molecular formula is C12H15ClN3O4S. The summed E-state index contributed by atoms with van der Waals surface area (Å²) in [6.45, 7) is 0.107. The van der Waals surface area contributed by atoms with E-state index < -0.39 is 21.7 Å². The number of sulfone groups is 1. The van der Waals surface area contributed by atoms with Crippen molar-refractivity contribution >= 4 is 39.1 Å². The Morgan fingerprint density at radius 2 is 2.05 bits per heavy atom. The third kappa shape index (κ3) is 7.62. The van der Waals surface area contributed by atoms with Crippen molar-refractivity contribution in [3.63, 3.8) is 0 Å². The second kappa shape index (κ2) is 7.94. The van der Waals surface area contributed by atoms with E-state index in [-0.39, 0.29) is 18.1 Å². The van der Waals surface area contributed by atoms with Gasteiger partial charge in [-0.2, -0.15) is 0 Å². The van der Waals surface area contributed by atoms with Crippen LogP contribution in [0.3, 0.4) is 0 Å². The molecule has 1 radical (unpaired) electrons. The fourth-order valence-electron chi connectivity index (χ4n) is 1.27. The van der Waals surface area contributed by atoms with E-state index in [9.17, 15) is 18.0 Å². The lowest BCUT2D eigenvalue weighted by atomic mass is 10.3. The van der Waals surface area contributed by atoms with Gasteiger partial charge in [-0.05, 0) is 25.0 Å². The van der Waals surface area contributed by atoms with Crippen LogP contribution in [0.2, 0.25) is 5.02 Å². The van der Waals surface area contributed by atoms with Gasteiger partial charge in [-0.15, -0.1) is 0 Å². The normalized spacial score (nSPS) is 11.0. The molecule has 0 aliphatic carbocycles. The lowest BCUT2D eigenvalue weighted by molar-refractivity contribution is -0.136. The molecule has 1 heterocycles. The minimum atomic E-state index is -3.03. The molecule has 0 spiro atoms. The number of hydrogen-bond acceptors (Lipinski definition) is 5. The molecule has 1 aromatic heterocycles. The Morgan fingerprint density at radius 1 is 1.33 bits per heavy atom. The van der Waals surface area contributed by atoms with Gasteiger partial charge in [-0.3, -0.25) is 9.59 Å². The zero-order valence-electron chi connectivity index (χ0n) is 11.3. The van der Waals surface area contributed by atoms with Gasteiger partial charge < -0.3 is 10.6 Å². The Kier molecular flexibility index (Phi) is 6.57. The van der Waals surface area contributed by atoms with Crippen molar-refractivity contribution in [2.45, 2.75) is 6.42 Å². The molecule has 21 heavy (non-hydrogen) atoms. The zero-order chi connectivity index (χ0) is 15.9. The van der Waals surface area contributed by atoms with E-state index >= 15 is 0 Å². The van der Waals surface area contributed by atoms with Crippen LogP contribution in [0.25, 0.3) is 0 Å². The van der Waals surface area contributed by atoms with E-state index in [1.165, 1.54) is 18.3 Å². The standard InChI is InChI=1S/C12H15ClN3O4S/c1-21(19,20)7-3-2-6-14-11(17)12(18)16-10-5-4-9(13)8-15-10/h2,4-5,8H,3,6-7H2,1H3,(H,14,17)(H,15,16,18). The number of amides is 2. The Bertz CT molecular complexity index is 601. The van der Waals surface area contributed by atoms with Crippen molar-refractivity contribution < 1.29 is 18.0 Å². The van der Waals surface area contributed by atoms with Crippen LogP contribution in [0.15, 0.2) is 18.3 Å². The predicted octanol–water partition coefficient (Wildman–Crippen LogP) is 0.429. The van der Waals surface area contributed by atoms with Gasteiger partial charge in [0.25, 0.3) is 0 Å². The smallest absolute Gasteiger partial charge is 0.314 e. The predicted molar refractivity (Wildman–Crippen MR) is 79.5 cm³/mol. The Morgan fingerprint density at radius 3 is 2.62 bits per heavy atom. The summed E-state index contributed by atoms with van der Waals surface area (Å²) in [5.41, 5.74) is 0.